The molecular formula is C40H45Cl4N5O12. The highest BCUT2D eigenvalue weighted by atomic mass is 35.5. The quantitative estimate of drug-likeness (QED) is 0.0697. The van der Waals surface area contributed by atoms with Crippen molar-refractivity contribution >= 4 is 87.1 Å². The molecule has 3 amide bonds. The van der Waals surface area contributed by atoms with Crippen LogP contribution in [0.4, 0.5) is 27.5 Å². The molecule has 0 unspecified atom stereocenters. The van der Waals surface area contributed by atoms with Gasteiger partial charge in [0.15, 0.2) is 0 Å². The number of nitro groups is 2. The molecule has 1 heterocycles. The molecule has 61 heavy (non-hydrogen) atoms. The van der Waals surface area contributed by atoms with Crippen LogP contribution in [0.3, 0.4) is 0 Å². The molecule has 21 heteroatoms. The van der Waals surface area contributed by atoms with E-state index >= 15 is 0 Å². The van der Waals surface area contributed by atoms with Crippen LogP contribution in [-0.2, 0) is 9.47 Å². The van der Waals surface area contributed by atoms with Gasteiger partial charge < -0.3 is 40.4 Å². The van der Waals surface area contributed by atoms with E-state index in [4.69, 9.17) is 65.7 Å². The first-order valence-electron chi connectivity index (χ1n) is 18.3. The SMILES string of the molecule is C1CCOC1.CC(C)(C)OC(=O)NCCO.CCCOc1ccc(Cl)cc1C(=O)Nc1ccc([N+](=O)[O-])cc1Cl.O=C(Nc1ccc([N+](=O)[O-])cc1Cl)c1cc(Cl)ccc1O. The zero-order valence-electron chi connectivity index (χ0n) is 33.5. The van der Waals surface area contributed by atoms with Gasteiger partial charge in [0.25, 0.3) is 23.2 Å². The Kier molecular flexibility index (Phi) is 22.1. The maximum Gasteiger partial charge on any atom is 0.407 e. The van der Waals surface area contributed by atoms with E-state index in [2.05, 4.69) is 16.0 Å². The fourth-order valence-electron chi connectivity index (χ4n) is 4.51. The zero-order valence-corrected chi connectivity index (χ0v) is 36.5. The minimum atomic E-state index is -0.634. The van der Waals surface area contributed by atoms with Gasteiger partial charge in [-0.3, -0.25) is 29.8 Å². The zero-order chi connectivity index (χ0) is 45.7. The Morgan fingerprint density at radius 1 is 0.770 bits per heavy atom. The molecule has 0 radical (unpaired) electrons. The molecule has 0 saturated carbocycles. The second-order valence-electron chi connectivity index (χ2n) is 13.4. The molecule has 1 aliphatic rings. The predicted molar refractivity (Wildman–Crippen MR) is 234 cm³/mol. The third kappa shape index (κ3) is 19.2. The summed E-state index contributed by atoms with van der Waals surface area (Å²) in [6.07, 6.45) is 2.85. The van der Waals surface area contributed by atoms with Gasteiger partial charge in [-0.25, -0.2) is 4.79 Å². The number of rotatable bonds is 11. The predicted octanol–water partition coefficient (Wildman–Crippen LogP) is 10.1. The molecule has 0 spiro atoms. The lowest BCUT2D eigenvalue weighted by Gasteiger charge is -2.19. The van der Waals surface area contributed by atoms with E-state index in [9.17, 15) is 39.7 Å². The van der Waals surface area contributed by atoms with Crippen molar-refractivity contribution in [2.24, 2.45) is 0 Å². The van der Waals surface area contributed by atoms with Crippen molar-refractivity contribution in [1.29, 1.82) is 0 Å². The van der Waals surface area contributed by atoms with Crippen LogP contribution < -0.4 is 20.7 Å². The van der Waals surface area contributed by atoms with Crippen LogP contribution in [0.1, 0.15) is 67.7 Å². The summed E-state index contributed by atoms with van der Waals surface area (Å²) in [6, 6.07) is 16.2. The number of non-ortho nitro benzene ring substituents is 2. The summed E-state index contributed by atoms with van der Waals surface area (Å²) in [4.78, 5) is 55.4. The Labute approximate surface area is 371 Å². The number of benzene rings is 4. The number of nitrogens with one attached hydrogen (secondary N) is 3. The van der Waals surface area contributed by atoms with Crippen molar-refractivity contribution in [3.63, 3.8) is 0 Å². The fraction of sp³-hybridized carbons (Fsp3) is 0.325. The number of phenolic OH excluding ortho intramolecular Hbond substituents is 1. The number of halogens is 4. The number of carbonyl (C=O) groups excluding carboxylic acids is 3. The molecule has 1 saturated heterocycles. The van der Waals surface area contributed by atoms with Gasteiger partial charge in [-0.2, -0.15) is 0 Å². The number of ether oxygens (including phenoxy) is 3. The van der Waals surface area contributed by atoms with E-state index in [0.717, 1.165) is 25.7 Å². The van der Waals surface area contributed by atoms with E-state index in [0.29, 0.717) is 17.4 Å². The number of nitro benzene ring substituents is 2. The van der Waals surface area contributed by atoms with E-state index in [1.807, 2.05) is 6.92 Å². The normalized spacial score (nSPS) is 11.5. The molecule has 0 bridgehead atoms. The van der Waals surface area contributed by atoms with E-state index in [-0.39, 0.29) is 67.8 Å². The van der Waals surface area contributed by atoms with Crippen LogP contribution in [0, 0.1) is 20.2 Å². The first kappa shape index (κ1) is 51.7. The molecule has 0 atom stereocenters. The number of nitrogens with zero attached hydrogens (tertiary/aromatic N) is 2. The van der Waals surface area contributed by atoms with Crippen LogP contribution in [0.15, 0.2) is 72.8 Å². The number of amides is 3. The minimum Gasteiger partial charge on any atom is -0.507 e. The largest absolute Gasteiger partial charge is 0.507 e. The highest BCUT2D eigenvalue weighted by Crippen LogP contribution is 2.30. The van der Waals surface area contributed by atoms with Crippen molar-refractivity contribution in [2.75, 3.05) is 43.6 Å². The first-order chi connectivity index (χ1) is 28.8. The molecule has 17 nitrogen and oxygen atoms in total. The molecule has 0 aromatic heterocycles. The Bertz CT molecular complexity index is 2120. The average molecular weight is 930 g/mol. The number of aromatic hydroxyl groups is 1. The number of aliphatic hydroxyl groups is 1. The summed E-state index contributed by atoms with van der Waals surface area (Å²) in [5, 5.41) is 47.5. The summed E-state index contributed by atoms with van der Waals surface area (Å²) in [5.41, 5.74) is -0.154. The van der Waals surface area contributed by atoms with Crippen molar-refractivity contribution in [1.82, 2.24) is 5.32 Å². The molecule has 4 aromatic carbocycles. The third-order valence-electron chi connectivity index (χ3n) is 7.28. The Morgan fingerprint density at radius 2 is 1.26 bits per heavy atom. The van der Waals surface area contributed by atoms with Gasteiger partial charge in [-0.15, -0.1) is 0 Å². The molecule has 330 valence electrons. The van der Waals surface area contributed by atoms with E-state index in [1.165, 1.54) is 67.4 Å². The molecule has 5 N–H and O–H groups in total. The van der Waals surface area contributed by atoms with Crippen LogP contribution in [0.25, 0.3) is 0 Å². The number of hydrogen-bond acceptors (Lipinski definition) is 12. The van der Waals surface area contributed by atoms with Crippen LogP contribution in [0.2, 0.25) is 20.1 Å². The third-order valence-corrected chi connectivity index (χ3v) is 8.38. The first-order valence-corrected chi connectivity index (χ1v) is 19.8. The maximum absolute atomic E-state index is 12.5. The van der Waals surface area contributed by atoms with Crippen LogP contribution >= 0.6 is 46.4 Å². The standard InChI is InChI=1S/C16H14Cl2N2O4.C13H8Cl2N2O4.C7H15NO3.C4H8O/c1-2-7-24-15-6-3-10(17)8-12(15)16(21)19-14-5-4-11(20(22)23)9-13(14)18;14-7-1-4-12(18)9(5-7)13(19)16-11-3-2-8(17(20)21)6-10(11)15;1-7(2,3)11-6(10)8-4-5-9;1-2-4-5-3-1/h3-6,8-9H,2,7H2,1H3,(H,19,21);1-6,18H,(H,16,19);9H,4-5H2,1-3H3,(H,8,10);1-4H2. The molecule has 5 rings (SSSR count). The second kappa shape index (κ2) is 26.0. The van der Waals surface area contributed by atoms with Crippen molar-refractivity contribution in [3.8, 4) is 11.5 Å². The van der Waals surface area contributed by atoms with Gasteiger partial charge in [0.1, 0.15) is 17.1 Å². The summed E-state index contributed by atoms with van der Waals surface area (Å²) in [7, 11) is 0. The van der Waals surface area contributed by atoms with Gasteiger partial charge in [0.2, 0.25) is 0 Å². The van der Waals surface area contributed by atoms with E-state index < -0.39 is 33.4 Å². The smallest absolute Gasteiger partial charge is 0.407 e. The molecule has 1 fully saturated rings. The number of hydrogen-bond donors (Lipinski definition) is 5. The maximum atomic E-state index is 12.5. The summed E-state index contributed by atoms with van der Waals surface area (Å²) in [5.74, 6) is -0.947. The lowest BCUT2D eigenvalue weighted by Crippen LogP contribution is -2.33. The molecule has 4 aromatic rings. The van der Waals surface area contributed by atoms with Crippen molar-refractivity contribution < 1.29 is 48.7 Å². The second-order valence-corrected chi connectivity index (χ2v) is 15.1. The van der Waals surface area contributed by atoms with Gasteiger partial charge in [0.05, 0.1) is 55.6 Å². The Balaban J connectivity index is 0.000000313. The van der Waals surface area contributed by atoms with Crippen LogP contribution in [-0.4, -0.2) is 76.5 Å². The summed E-state index contributed by atoms with van der Waals surface area (Å²) in [6.45, 7) is 9.92. The summed E-state index contributed by atoms with van der Waals surface area (Å²) >= 11 is 23.6. The molecule has 1 aliphatic heterocycles. The monoisotopic (exact) mass is 927 g/mol. The highest BCUT2D eigenvalue weighted by Gasteiger charge is 2.18. The topological polar surface area (TPSA) is 242 Å². The lowest BCUT2D eigenvalue weighted by atomic mass is 10.1. The lowest BCUT2D eigenvalue weighted by molar-refractivity contribution is -0.385. The Hall–Kier alpha value is -5.43. The molecule has 0 aliphatic carbocycles. The summed E-state index contributed by atoms with van der Waals surface area (Å²) < 4.78 is 15.4. The number of anilines is 2. The molecular weight excluding hydrogens is 884 g/mol. The van der Waals surface area contributed by atoms with Gasteiger partial charge in [-0.1, -0.05) is 53.3 Å². The Morgan fingerprint density at radius 3 is 1.69 bits per heavy atom. The van der Waals surface area contributed by atoms with E-state index in [1.54, 1.807) is 32.9 Å². The number of alkyl carbamates (subject to hydrolysis) is 1. The fourth-order valence-corrected chi connectivity index (χ4v) is 5.30. The number of phenols is 1. The number of aliphatic hydroxyl groups excluding tert-OH is 1. The van der Waals surface area contributed by atoms with Crippen LogP contribution in [0.5, 0.6) is 11.5 Å². The minimum absolute atomic E-state index is 0.0130. The van der Waals surface area contributed by atoms with Crippen molar-refractivity contribution in [3.05, 3.63) is 124 Å². The number of carbonyl (C=O) groups is 3. The van der Waals surface area contributed by atoms with Gasteiger partial charge in [0, 0.05) is 54.1 Å². The average Bonchev–Trinajstić information content (AvgIpc) is 3.79. The van der Waals surface area contributed by atoms with Gasteiger partial charge >= 0.3 is 6.09 Å². The van der Waals surface area contributed by atoms with Gasteiger partial charge in [-0.05, 0) is 88.6 Å². The van der Waals surface area contributed by atoms with Crippen molar-refractivity contribution in [2.45, 2.75) is 52.6 Å². The highest BCUT2D eigenvalue weighted by molar-refractivity contribution is 6.35.